The molecule has 1 aliphatic heterocycles. The van der Waals surface area contributed by atoms with Crippen LogP contribution in [0.1, 0.15) is 11.1 Å². The summed E-state index contributed by atoms with van der Waals surface area (Å²) in [5, 5.41) is 14.0. The number of fused-ring (bicyclic) bond motifs is 1. The predicted octanol–water partition coefficient (Wildman–Crippen LogP) is 2.24. The third kappa shape index (κ3) is 3.00. The monoisotopic (exact) mass is 409 g/mol. The summed E-state index contributed by atoms with van der Waals surface area (Å²) in [6, 6.07) is 9.72. The van der Waals surface area contributed by atoms with Crippen LogP contribution in [0.3, 0.4) is 0 Å². The molecule has 0 atom stereocenters. The minimum atomic E-state index is -3.70. The van der Waals surface area contributed by atoms with Gasteiger partial charge < -0.3 is 9.84 Å². The molecule has 1 aliphatic rings. The number of aromatic hydroxyl groups is 1. The maximum absolute atomic E-state index is 11.9. The average Bonchev–Trinajstić information content (AvgIpc) is 2.82. The van der Waals surface area contributed by atoms with E-state index in [-0.39, 0.29) is 22.2 Å². The van der Waals surface area contributed by atoms with Crippen molar-refractivity contribution < 1.29 is 18.3 Å². The second kappa shape index (κ2) is 6.25. The summed E-state index contributed by atoms with van der Waals surface area (Å²) >= 11 is 3.31. The van der Waals surface area contributed by atoms with Crippen LogP contribution >= 0.6 is 15.9 Å². The van der Waals surface area contributed by atoms with E-state index < -0.39 is 10.0 Å². The van der Waals surface area contributed by atoms with Crippen molar-refractivity contribution in [1.82, 2.24) is 5.43 Å². The number of hydrogen-bond acceptors (Lipinski definition) is 6. The maximum Gasteiger partial charge on any atom is 0.285 e. The third-order valence-electron chi connectivity index (χ3n) is 3.29. The molecule has 0 aliphatic carbocycles. The fourth-order valence-electron chi connectivity index (χ4n) is 2.20. The van der Waals surface area contributed by atoms with Gasteiger partial charge >= 0.3 is 0 Å². The Bertz CT molecular complexity index is 971. The molecule has 0 fully saturated rings. The molecule has 0 saturated heterocycles. The summed E-state index contributed by atoms with van der Waals surface area (Å²) < 4.78 is 33.3. The Kier molecular flexibility index (Phi) is 4.29. The second-order valence-corrected chi connectivity index (χ2v) is 7.32. The van der Waals surface area contributed by atoms with Crippen molar-refractivity contribution >= 4 is 38.0 Å². The molecule has 0 bridgehead atoms. The van der Waals surface area contributed by atoms with Crippen LogP contribution in [-0.2, 0) is 10.0 Å². The lowest BCUT2D eigenvalue weighted by Crippen LogP contribution is -2.17. The Labute approximate surface area is 146 Å². The predicted molar refractivity (Wildman–Crippen MR) is 93.3 cm³/mol. The Morgan fingerprint density at radius 3 is 2.83 bits per heavy atom. The van der Waals surface area contributed by atoms with E-state index in [9.17, 15) is 13.5 Å². The molecule has 3 rings (SSSR count). The minimum Gasteiger partial charge on any atom is -0.504 e. The Morgan fingerprint density at radius 2 is 2.08 bits per heavy atom. The number of hydrogen-bond donors (Lipinski definition) is 2. The van der Waals surface area contributed by atoms with Gasteiger partial charge in [-0.25, -0.2) is 0 Å². The van der Waals surface area contributed by atoms with Crippen molar-refractivity contribution in [3.8, 4) is 11.5 Å². The number of benzene rings is 2. The number of phenols is 1. The highest BCUT2D eigenvalue weighted by Crippen LogP contribution is 2.32. The molecular weight excluding hydrogens is 398 g/mol. The molecule has 2 N–H and O–H groups in total. The number of ether oxygens (including phenoxy) is 1. The number of nitrogens with one attached hydrogen (secondary N) is 1. The summed E-state index contributed by atoms with van der Waals surface area (Å²) in [7, 11) is -2.26. The molecule has 0 saturated carbocycles. The van der Waals surface area contributed by atoms with Gasteiger partial charge in [-0.1, -0.05) is 28.1 Å². The second-order valence-electron chi connectivity index (χ2n) is 4.83. The van der Waals surface area contributed by atoms with Crippen LogP contribution in [0.4, 0.5) is 0 Å². The van der Waals surface area contributed by atoms with Gasteiger partial charge in [-0.05, 0) is 24.3 Å². The van der Waals surface area contributed by atoms with E-state index in [0.717, 1.165) is 0 Å². The normalized spacial score (nSPS) is 15.2. The lowest BCUT2D eigenvalue weighted by Gasteiger charge is -2.07. The highest BCUT2D eigenvalue weighted by atomic mass is 79.9. The number of phenolic OH excluding ortho intramolecular Hbond substituents is 1. The third-order valence-corrected chi connectivity index (χ3v) is 5.09. The lowest BCUT2D eigenvalue weighted by molar-refractivity contribution is 0.373. The van der Waals surface area contributed by atoms with Crippen molar-refractivity contribution in [2.24, 2.45) is 9.50 Å². The quantitative estimate of drug-likeness (QED) is 0.597. The van der Waals surface area contributed by atoms with Gasteiger partial charge in [0, 0.05) is 15.6 Å². The first-order valence-corrected chi connectivity index (χ1v) is 8.95. The molecule has 2 aromatic carbocycles. The van der Waals surface area contributed by atoms with Crippen LogP contribution in [0.15, 0.2) is 55.3 Å². The van der Waals surface area contributed by atoms with E-state index in [2.05, 4.69) is 30.9 Å². The maximum atomic E-state index is 11.9. The summed E-state index contributed by atoms with van der Waals surface area (Å²) in [6.07, 6.45) is 1.35. The highest BCUT2D eigenvalue weighted by Gasteiger charge is 2.28. The molecule has 0 unspecified atom stereocenters. The molecule has 7 nitrogen and oxygen atoms in total. The molecule has 2 aromatic rings. The molecule has 0 aromatic heterocycles. The fraction of sp³-hybridized carbons (Fsp3) is 0.0667. The van der Waals surface area contributed by atoms with E-state index in [4.69, 9.17) is 4.74 Å². The van der Waals surface area contributed by atoms with E-state index >= 15 is 0 Å². The van der Waals surface area contributed by atoms with Crippen LogP contribution in [0.5, 0.6) is 11.5 Å². The number of hydrazone groups is 1. The molecule has 9 heteroatoms. The summed E-state index contributed by atoms with van der Waals surface area (Å²) in [5.74, 6) is 0.341. The summed E-state index contributed by atoms with van der Waals surface area (Å²) in [5.41, 5.74) is 3.44. The zero-order chi connectivity index (χ0) is 17.3. The summed E-state index contributed by atoms with van der Waals surface area (Å²) in [6.45, 7) is 0. The van der Waals surface area contributed by atoms with Crippen molar-refractivity contribution in [2.45, 2.75) is 4.90 Å². The molecular formula is C15H12BrN3O4S. The first-order chi connectivity index (χ1) is 11.4. The molecule has 0 radical (unpaired) electrons. The van der Waals surface area contributed by atoms with Gasteiger partial charge in [0.05, 0.1) is 13.3 Å². The zero-order valence-corrected chi connectivity index (χ0v) is 14.8. The van der Waals surface area contributed by atoms with Crippen LogP contribution in [0.25, 0.3) is 0 Å². The largest absolute Gasteiger partial charge is 0.504 e. The Morgan fingerprint density at radius 1 is 1.33 bits per heavy atom. The smallest absolute Gasteiger partial charge is 0.285 e. The summed E-state index contributed by atoms with van der Waals surface area (Å²) in [4.78, 5) is 0.134. The number of nitrogens with zero attached hydrogens (tertiary/aromatic N) is 2. The minimum absolute atomic E-state index is 0.0763. The van der Waals surface area contributed by atoms with E-state index in [1.165, 1.54) is 19.4 Å². The Balaban J connectivity index is 1.88. The van der Waals surface area contributed by atoms with Gasteiger partial charge in [-0.2, -0.15) is 13.5 Å². The van der Waals surface area contributed by atoms with Crippen LogP contribution in [-0.4, -0.2) is 32.7 Å². The number of rotatable bonds is 3. The van der Waals surface area contributed by atoms with Crippen LogP contribution in [0.2, 0.25) is 0 Å². The number of sulfonamides is 1. The highest BCUT2D eigenvalue weighted by molar-refractivity contribution is 9.10. The van der Waals surface area contributed by atoms with Crippen molar-refractivity contribution in [3.05, 3.63) is 52.0 Å². The van der Waals surface area contributed by atoms with Gasteiger partial charge in [0.1, 0.15) is 4.90 Å². The van der Waals surface area contributed by atoms with Crippen LogP contribution in [0, 0.1) is 0 Å². The first kappa shape index (κ1) is 16.5. The fourth-order valence-corrected chi connectivity index (χ4v) is 3.82. The average molecular weight is 410 g/mol. The van der Waals surface area contributed by atoms with Gasteiger partial charge in [0.25, 0.3) is 10.0 Å². The van der Waals surface area contributed by atoms with Crippen molar-refractivity contribution in [2.75, 3.05) is 7.11 Å². The lowest BCUT2D eigenvalue weighted by atomic mass is 10.2. The number of amidine groups is 1. The Hall–Kier alpha value is -2.39. The molecule has 0 amide bonds. The van der Waals surface area contributed by atoms with Gasteiger partial charge in [-0.15, -0.1) is 4.40 Å². The molecule has 1 heterocycles. The first-order valence-electron chi connectivity index (χ1n) is 6.72. The van der Waals surface area contributed by atoms with Gasteiger partial charge in [0.2, 0.25) is 0 Å². The van der Waals surface area contributed by atoms with E-state index in [1.54, 1.807) is 30.3 Å². The van der Waals surface area contributed by atoms with Gasteiger partial charge in [0.15, 0.2) is 17.3 Å². The topological polar surface area (TPSA) is 100 Å². The molecule has 124 valence electrons. The van der Waals surface area contributed by atoms with Crippen molar-refractivity contribution in [1.29, 1.82) is 0 Å². The number of methoxy groups -OCH3 is 1. The number of halogens is 1. The molecule has 24 heavy (non-hydrogen) atoms. The SMILES string of the molecule is COc1cc(Br)cc(/C=N\NC2=NS(=O)(=O)c3ccccc32)c1O. The van der Waals surface area contributed by atoms with E-state index in [0.29, 0.717) is 15.6 Å². The zero-order valence-electron chi connectivity index (χ0n) is 12.4. The van der Waals surface area contributed by atoms with Crippen molar-refractivity contribution in [3.63, 3.8) is 0 Å². The molecule has 0 spiro atoms. The van der Waals surface area contributed by atoms with E-state index in [1.807, 2.05) is 0 Å². The van der Waals surface area contributed by atoms with Crippen LogP contribution < -0.4 is 10.2 Å². The standard InChI is InChI=1S/C15H12BrN3O4S/c1-23-12-7-10(16)6-9(14(12)20)8-17-18-15-11-4-2-3-5-13(11)24(21,22)19-15/h2-8,20H,1H3,(H,18,19)/b17-8-. The van der Waals surface area contributed by atoms with Gasteiger partial charge in [-0.3, -0.25) is 5.43 Å².